The minimum Gasteiger partial charge on any atom is -0.462 e. The number of esters is 3. The fraction of sp³-hybridized carbons (Fsp3) is 0.640. The van der Waals surface area contributed by atoms with E-state index in [0.717, 1.165) is 128 Å². The van der Waals surface area contributed by atoms with Crippen molar-refractivity contribution < 1.29 is 28.6 Å². The van der Waals surface area contributed by atoms with Crippen molar-refractivity contribution in [3.63, 3.8) is 0 Å². The molecular formula is C75H122O6. The monoisotopic (exact) mass is 1120 g/mol. The van der Waals surface area contributed by atoms with Gasteiger partial charge in [0, 0.05) is 19.3 Å². The van der Waals surface area contributed by atoms with Gasteiger partial charge in [0.2, 0.25) is 0 Å². The van der Waals surface area contributed by atoms with Crippen LogP contribution in [0.15, 0.2) is 146 Å². The number of ether oxygens (including phenoxy) is 3. The van der Waals surface area contributed by atoms with Crippen LogP contribution in [0.3, 0.4) is 0 Å². The van der Waals surface area contributed by atoms with E-state index < -0.39 is 6.10 Å². The summed E-state index contributed by atoms with van der Waals surface area (Å²) < 4.78 is 16.9. The van der Waals surface area contributed by atoms with Gasteiger partial charge in [-0.1, -0.05) is 276 Å². The maximum absolute atomic E-state index is 12.9. The number of carbonyl (C=O) groups excluding carboxylic acids is 3. The maximum Gasteiger partial charge on any atom is 0.306 e. The van der Waals surface area contributed by atoms with Gasteiger partial charge < -0.3 is 14.2 Å². The number of hydrogen-bond acceptors (Lipinski definition) is 6. The summed E-state index contributed by atoms with van der Waals surface area (Å²) in [5, 5.41) is 0. The van der Waals surface area contributed by atoms with E-state index in [4.69, 9.17) is 14.2 Å². The SMILES string of the molecule is CC/C=C\C/C=C\C/C=C\C/C=C\C/C=C\C/C=C\C/C=C\C/C=C\C/C=C\CCCC(=O)OCC(COC(=O)CCCCCCC/C=C\CCCCCCCCC)OC(=O)CCCCCCCCC/C=C\C/C=C\CCCCCC. The van der Waals surface area contributed by atoms with E-state index in [2.05, 4.69) is 167 Å². The van der Waals surface area contributed by atoms with Gasteiger partial charge >= 0.3 is 17.9 Å². The zero-order valence-electron chi connectivity index (χ0n) is 52.5. The molecule has 0 aliphatic rings. The first-order valence-corrected chi connectivity index (χ1v) is 33.3. The van der Waals surface area contributed by atoms with E-state index in [9.17, 15) is 14.4 Å². The van der Waals surface area contributed by atoms with E-state index in [-0.39, 0.29) is 37.5 Å². The molecule has 0 aromatic rings. The summed E-state index contributed by atoms with van der Waals surface area (Å²) in [6.07, 6.45) is 97.1. The van der Waals surface area contributed by atoms with Gasteiger partial charge in [-0.2, -0.15) is 0 Å². The van der Waals surface area contributed by atoms with Gasteiger partial charge in [-0.05, 0) is 141 Å². The molecule has 0 aromatic heterocycles. The normalized spacial score (nSPS) is 13.1. The molecule has 0 aliphatic carbocycles. The molecule has 458 valence electrons. The second kappa shape index (κ2) is 67.8. The van der Waals surface area contributed by atoms with Crippen molar-refractivity contribution in [1.29, 1.82) is 0 Å². The molecule has 0 saturated heterocycles. The van der Waals surface area contributed by atoms with Gasteiger partial charge in [0.05, 0.1) is 0 Å². The van der Waals surface area contributed by atoms with E-state index in [0.29, 0.717) is 19.3 Å². The van der Waals surface area contributed by atoms with Gasteiger partial charge in [-0.25, -0.2) is 0 Å². The molecule has 0 N–H and O–H groups in total. The predicted octanol–water partition coefficient (Wildman–Crippen LogP) is 23.1. The van der Waals surface area contributed by atoms with Crippen LogP contribution < -0.4 is 0 Å². The van der Waals surface area contributed by atoms with Gasteiger partial charge in [-0.3, -0.25) is 14.4 Å². The Labute approximate surface area is 499 Å². The summed E-state index contributed by atoms with van der Waals surface area (Å²) in [7, 11) is 0. The third-order valence-electron chi connectivity index (χ3n) is 13.8. The Morgan fingerprint density at radius 2 is 0.494 bits per heavy atom. The average Bonchev–Trinajstić information content (AvgIpc) is 3.47. The minimum absolute atomic E-state index is 0.108. The van der Waals surface area contributed by atoms with Crippen molar-refractivity contribution >= 4 is 17.9 Å². The highest BCUT2D eigenvalue weighted by Gasteiger charge is 2.19. The zero-order chi connectivity index (χ0) is 58.5. The summed E-state index contributed by atoms with van der Waals surface area (Å²) in [4.78, 5) is 38.4. The van der Waals surface area contributed by atoms with E-state index >= 15 is 0 Å². The van der Waals surface area contributed by atoms with Crippen LogP contribution in [0, 0.1) is 0 Å². The van der Waals surface area contributed by atoms with Crippen LogP contribution in [0.5, 0.6) is 0 Å². The van der Waals surface area contributed by atoms with Crippen LogP contribution in [0.25, 0.3) is 0 Å². The smallest absolute Gasteiger partial charge is 0.306 e. The molecular weight excluding hydrogens is 997 g/mol. The molecule has 0 bridgehead atoms. The Morgan fingerprint density at radius 1 is 0.259 bits per heavy atom. The van der Waals surface area contributed by atoms with Crippen LogP contribution >= 0.6 is 0 Å². The Kier molecular flexibility index (Phi) is 63.9. The summed E-state index contributed by atoms with van der Waals surface area (Å²) in [5.74, 6) is -0.983. The second-order valence-electron chi connectivity index (χ2n) is 21.6. The summed E-state index contributed by atoms with van der Waals surface area (Å²) in [6.45, 7) is 6.46. The topological polar surface area (TPSA) is 78.9 Å². The maximum atomic E-state index is 12.9. The summed E-state index contributed by atoms with van der Waals surface area (Å²) >= 11 is 0. The minimum atomic E-state index is -0.817. The number of carbonyl (C=O) groups is 3. The van der Waals surface area contributed by atoms with Crippen LogP contribution in [0.1, 0.15) is 290 Å². The van der Waals surface area contributed by atoms with Crippen LogP contribution in [-0.2, 0) is 28.6 Å². The molecule has 0 fully saturated rings. The molecule has 6 nitrogen and oxygen atoms in total. The molecule has 0 aromatic carbocycles. The molecule has 0 amide bonds. The fourth-order valence-corrected chi connectivity index (χ4v) is 8.82. The van der Waals surface area contributed by atoms with Crippen molar-refractivity contribution in [3.8, 4) is 0 Å². The Morgan fingerprint density at radius 3 is 0.827 bits per heavy atom. The highest BCUT2D eigenvalue weighted by molar-refractivity contribution is 5.71. The highest BCUT2D eigenvalue weighted by atomic mass is 16.6. The average molecular weight is 1120 g/mol. The fourth-order valence-electron chi connectivity index (χ4n) is 8.82. The molecule has 0 saturated carbocycles. The molecule has 0 heterocycles. The zero-order valence-corrected chi connectivity index (χ0v) is 52.5. The summed E-state index contributed by atoms with van der Waals surface area (Å²) in [5.41, 5.74) is 0. The molecule has 6 heteroatoms. The number of rotatable bonds is 59. The standard InChI is InChI=1S/C75H122O6/c1-4-7-10-13-16-19-22-25-28-31-33-34-35-36-37-38-39-40-41-42-43-45-47-50-53-56-59-62-65-68-74(77)80-71-72(70-79-73(76)67-64-61-58-55-52-49-46-30-27-24-21-18-15-12-9-6-3)81-75(78)69-66-63-60-57-54-51-48-44-32-29-26-23-20-17-14-11-8-5-2/h7,10,16,19-20,23,25,28-30,32-34,36-37,39-40,42-43,46-47,50,56,59,72H,4-6,8-9,11-15,17-18,21-22,24,26-27,31,35,38,41,44-45,48-49,51-55,57-58,60-71H2,1-3H3/b10-7-,19-16-,23-20-,28-25-,32-29-,34-33-,37-36-,40-39-,43-42-,46-30-,50-47-,59-56-. The number of allylic oxidation sites excluding steroid dienone is 24. The summed E-state index contributed by atoms with van der Waals surface area (Å²) in [6, 6.07) is 0. The number of unbranched alkanes of at least 4 members (excludes halogenated alkanes) is 24. The van der Waals surface area contributed by atoms with Crippen molar-refractivity contribution in [2.24, 2.45) is 0 Å². The third-order valence-corrected chi connectivity index (χ3v) is 13.8. The van der Waals surface area contributed by atoms with Gasteiger partial charge in [0.25, 0.3) is 0 Å². The molecule has 0 rings (SSSR count). The van der Waals surface area contributed by atoms with Crippen molar-refractivity contribution in [1.82, 2.24) is 0 Å². The Hall–Kier alpha value is -4.71. The van der Waals surface area contributed by atoms with E-state index in [1.807, 2.05) is 0 Å². The molecule has 0 radical (unpaired) electrons. The molecule has 1 unspecified atom stereocenters. The highest BCUT2D eigenvalue weighted by Crippen LogP contribution is 2.14. The Balaban J connectivity index is 4.49. The van der Waals surface area contributed by atoms with Crippen LogP contribution in [-0.4, -0.2) is 37.2 Å². The molecule has 0 spiro atoms. The lowest BCUT2D eigenvalue weighted by molar-refractivity contribution is -0.167. The van der Waals surface area contributed by atoms with Gasteiger partial charge in [0.15, 0.2) is 6.10 Å². The third kappa shape index (κ3) is 66.0. The first kappa shape index (κ1) is 76.3. The lowest BCUT2D eigenvalue weighted by atomic mass is 10.1. The first-order chi connectivity index (χ1) is 40.0. The first-order valence-electron chi connectivity index (χ1n) is 33.3. The van der Waals surface area contributed by atoms with Crippen LogP contribution in [0.4, 0.5) is 0 Å². The quantitative estimate of drug-likeness (QED) is 0.0261. The second-order valence-corrected chi connectivity index (χ2v) is 21.6. The largest absolute Gasteiger partial charge is 0.462 e. The van der Waals surface area contributed by atoms with E-state index in [1.165, 1.54) is 116 Å². The van der Waals surface area contributed by atoms with Crippen molar-refractivity contribution in [3.05, 3.63) is 146 Å². The van der Waals surface area contributed by atoms with E-state index in [1.54, 1.807) is 0 Å². The Bertz CT molecular complexity index is 1760. The lowest BCUT2D eigenvalue weighted by Crippen LogP contribution is -2.30. The van der Waals surface area contributed by atoms with Crippen LogP contribution in [0.2, 0.25) is 0 Å². The molecule has 0 aliphatic heterocycles. The molecule has 81 heavy (non-hydrogen) atoms. The predicted molar refractivity (Wildman–Crippen MR) is 352 cm³/mol. The van der Waals surface area contributed by atoms with Gasteiger partial charge in [0.1, 0.15) is 13.2 Å². The van der Waals surface area contributed by atoms with Gasteiger partial charge in [-0.15, -0.1) is 0 Å². The molecule has 1 atom stereocenters. The van der Waals surface area contributed by atoms with Crippen molar-refractivity contribution in [2.45, 2.75) is 297 Å². The number of hydrogen-bond donors (Lipinski definition) is 0. The van der Waals surface area contributed by atoms with Crippen molar-refractivity contribution in [2.75, 3.05) is 13.2 Å². The lowest BCUT2D eigenvalue weighted by Gasteiger charge is -2.18.